The lowest BCUT2D eigenvalue weighted by Gasteiger charge is -2.01. The molecule has 0 fully saturated rings. The van der Waals surface area contributed by atoms with Crippen molar-refractivity contribution in [1.29, 1.82) is 0 Å². The molecule has 0 unspecified atom stereocenters. The molecule has 0 aromatic carbocycles. The smallest absolute Gasteiger partial charge is 0.358 e. The van der Waals surface area contributed by atoms with Gasteiger partial charge in [0, 0.05) is 0 Å². The molecule has 0 spiro atoms. The molecule has 0 saturated carbocycles. The number of hydrogen-bond acceptors (Lipinski definition) is 4. The second-order valence-electron chi connectivity index (χ2n) is 2.06. The van der Waals surface area contributed by atoms with Crippen LogP contribution in [0.4, 0.5) is 0 Å². The Labute approximate surface area is 84.8 Å². The summed E-state index contributed by atoms with van der Waals surface area (Å²) < 4.78 is 4.69. The number of hydrogen-bond donors (Lipinski definition) is 0. The zero-order chi connectivity index (χ0) is 9.84. The highest BCUT2D eigenvalue weighted by Crippen LogP contribution is 2.14. The van der Waals surface area contributed by atoms with E-state index in [1.54, 1.807) is 6.92 Å². The molecule has 1 heterocycles. The van der Waals surface area contributed by atoms with Gasteiger partial charge in [0.05, 0.1) is 17.8 Å². The molecule has 0 bridgehead atoms. The van der Waals surface area contributed by atoms with Gasteiger partial charge in [-0.05, 0) is 18.5 Å². The molecule has 0 amide bonds. The molecule has 0 radical (unpaired) electrons. The predicted molar refractivity (Wildman–Crippen MR) is 48.0 cm³/mol. The molecule has 13 heavy (non-hydrogen) atoms. The maximum Gasteiger partial charge on any atom is 0.358 e. The van der Waals surface area contributed by atoms with Crippen molar-refractivity contribution in [1.82, 2.24) is 9.97 Å². The molecule has 0 atom stereocenters. The first-order chi connectivity index (χ1) is 6.15. The van der Waals surface area contributed by atoms with Gasteiger partial charge >= 0.3 is 5.97 Å². The molecule has 0 aliphatic heterocycles. The third kappa shape index (κ3) is 2.54. The minimum Gasteiger partial charge on any atom is -0.461 e. The van der Waals surface area contributed by atoms with E-state index in [-0.39, 0.29) is 22.6 Å². The average Bonchev–Trinajstić information content (AvgIpc) is 2.09. The Hall–Kier alpha value is -0.870. The van der Waals surface area contributed by atoms with Crippen molar-refractivity contribution in [3.05, 3.63) is 22.2 Å². The molecule has 0 aliphatic rings. The lowest BCUT2D eigenvalue weighted by Crippen LogP contribution is -2.08. The largest absolute Gasteiger partial charge is 0.461 e. The van der Waals surface area contributed by atoms with E-state index in [1.807, 2.05) is 0 Å². The summed E-state index contributed by atoms with van der Waals surface area (Å²) in [4.78, 5) is 18.4. The summed E-state index contributed by atoms with van der Waals surface area (Å²) in [5.74, 6) is -0.600. The first kappa shape index (κ1) is 10.2. The fourth-order valence-corrected chi connectivity index (χ4v) is 0.990. The van der Waals surface area contributed by atoms with Crippen LogP contribution in [0.5, 0.6) is 0 Å². The Morgan fingerprint density at radius 3 is 2.92 bits per heavy atom. The molecule has 1 aromatic heterocycles. The summed E-state index contributed by atoms with van der Waals surface area (Å²) in [6.45, 7) is 1.95. The van der Waals surface area contributed by atoms with E-state index >= 15 is 0 Å². The molecule has 0 saturated heterocycles. The lowest BCUT2D eigenvalue weighted by atomic mass is 10.4. The molecule has 1 aromatic rings. The van der Waals surface area contributed by atoms with Gasteiger partial charge < -0.3 is 4.74 Å². The van der Waals surface area contributed by atoms with Gasteiger partial charge in [-0.1, -0.05) is 11.6 Å². The van der Waals surface area contributed by atoms with Crippen LogP contribution in [0.3, 0.4) is 0 Å². The second-order valence-corrected chi connectivity index (χ2v) is 2.80. The van der Waals surface area contributed by atoms with Crippen molar-refractivity contribution in [2.24, 2.45) is 0 Å². The van der Waals surface area contributed by atoms with Crippen molar-refractivity contribution in [2.45, 2.75) is 6.92 Å². The predicted octanol–water partition coefficient (Wildman–Crippen LogP) is 1.96. The van der Waals surface area contributed by atoms with Crippen LogP contribution in [0.15, 0.2) is 6.20 Å². The molecular formula is C7H6Cl2N2O2. The van der Waals surface area contributed by atoms with Gasteiger partial charge in [-0.25, -0.2) is 14.8 Å². The minimum atomic E-state index is -0.600. The highest BCUT2D eigenvalue weighted by Gasteiger charge is 2.14. The standard InChI is InChI=1S/C7H6Cl2N2O2/c1-2-13-6(12)5-4(8)3-10-7(9)11-5/h3H,2H2,1H3. The van der Waals surface area contributed by atoms with Crippen molar-refractivity contribution in [2.75, 3.05) is 6.61 Å². The van der Waals surface area contributed by atoms with Gasteiger partial charge in [0.25, 0.3) is 0 Å². The summed E-state index contributed by atoms with van der Waals surface area (Å²) in [6, 6.07) is 0. The summed E-state index contributed by atoms with van der Waals surface area (Å²) in [7, 11) is 0. The zero-order valence-corrected chi connectivity index (χ0v) is 8.26. The summed E-state index contributed by atoms with van der Waals surface area (Å²) in [5, 5.41) is 0.0929. The monoisotopic (exact) mass is 220 g/mol. The van der Waals surface area contributed by atoms with Gasteiger partial charge in [-0.2, -0.15) is 0 Å². The van der Waals surface area contributed by atoms with Crippen molar-refractivity contribution in [3.8, 4) is 0 Å². The number of rotatable bonds is 2. The zero-order valence-electron chi connectivity index (χ0n) is 6.75. The Kier molecular flexibility index (Phi) is 3.45. The number of aromatic nitrogens is 2. The van der Waals surface area contributed by atoms with Gasteiger partial charge in [0.2, 0.25) is 5.28 Å². The van der Waals surface area contributed by atoms with Crippen LogP contribution in [0.2, 0.25) is 10.3 Å². The van der Waals surface area contributed by atoms with Crippen molar-refractivity contribution in [3.63, 3.8) is 0 Å². The highest BCUT2D eigenvalue weighted by molar-refractivity contribution is 6.33. The first-order valence-electron chi connectivity index (χ1n) is 3.50. The Balaban J connectivity index is 2.99. The number of esters is 1. The van der Waals surface area contributed by atoms with Crippen LogP contribution in [0.1, 0.15) is 17.4 Å². The van der Waals surface area contributed by atoms with Crippen LogP contribution in [0.25, 0.3) is 0 Å². The van der Waals surface area contributed by atoms with E-state index < -0.39 is 5.97 Å². The molecule has 0 N–H and O–H groups in total. The highest BCUT2D eigenvalue weighted by atomic mass is 35.5. The number of ether oxygens (including phenoxy) is 1. The lowest BCUT2D eigenvalue weighted by molar-refractivity contribution is 0.0519. The molecule has 1 rings (SSSR count). The number of carbonyl (C=O) groups excluding carboxylic acids is 1. The van der Waals surface area contributed by atoms with E-state index in [1.165, 1.54) is 6.20 Å². The topological polar surface area (TPSA) is 52.1 Å². The SMILES string of the molecule is CCOC(=O)c1nc(Cl)ncc1Cl. The van der Waals surface area contributed by atoms with E-state index in [9.17, 15) is 4.79 Å². The van der Waals surface area contributed by atoms with Gasteiger partial charge in [-0.3, -0.25) is 0 Å². The third-order valence-electron chi connectivity index (χ3n) is 1.18. The minimum absolute atomic E-state index is 0.0106. The Morgan fingerprint density at radius 1 is 1.62 bits per heavy atom. The molecule has 70 valence electrons. The van der Waals surface area contributed by atoms with Gasteiger partial charge in [0.15, 0.2) is 5.69 Å². The Morgan fingerprint density at radius 2 is 2.31 bits per heavy atom. The van der Waals surface area contributed by atoms with Crippen LogP contribution in [0, 0.1) is 0 Å². The van der Waals surface area contributed by atoms with Gasteiger partial charge in [0.1, 0.15) is 0 Å². The van der Waals surface area contributed by atoms with E-state index in [0.29, 0.717) is 0 Å². The maximum atomic E-state index is 11.2. The van der Waals surface area contributed by atoms with Crippen LogP contribution < -0.4 is 0 Å². The Bertz CT molecular complexity index is 330. The quantitative estimate of drug-likeness (QED) is 0.565. The van der Waals surface area contributed by atoms with Crippen LogP contribution >= 0.6 is 23.2 Å². The fraction of sp³-hybridized carbons (Fsp3) is 0.286. The van der Waals surface area contributed by atoms with Crippen molar-refractivity contribution < 1.29 is 9.53 Å². The average molecular weight is 221 g/mol. The van der Waals surface area contributed by atoms with E-state index in [0.717, 1.165) is 0 Å². The molecular weight excluding hydrogens is 215 g/mol. The van der Waals surface area contributed by atoms with Gasteiger partial charge in [-0.15, -0.1) is 0 Å². The molecule has 0 aliphatic carbocycles. The number of nitrogens with zero attached hydrogens (tertiary/aromatic N) is 2. The summed E-state index contributed by atoms with van der Waals surface area (Å²) in [5.41, 5.74) is -0.0106. The third-order valence-corrected chi connectivity index (χ3v) is 1.64. The van der Waals surface area contributed by atoms with Crippen LogP contribution in [-0.2, 0) is 4.74 Å². The fourth-order valence-electron chi connectivity index (χ4n) is 0.688. The number of halogens is 2. The van der Waals surface area contributed by atoms with Crippen LogP contribution in [-0.4, -0.2) is 22.5 Å². The first-order valence-corrected chi connectivity index (χ1v) is 4.26. The molecule has 6 heteroatoms. The van der Waals surface area contributed by atoms with Crippen molar-refractivity contribution >= 4 is 29.2 Å². The van der Waals surface area contributed by atoms with E-state index in [2.05, 4.69) is 9.97 Å². The summed E-state index contributed by atoms with van der Waals surface area (Å²) >= 11 is 11.1. The normalized spacial score (nSPS) is 9.77. The summed E-state index contributed by atoms with van der Waals surface area (Å²) in [6.07, 6.45) is 1.25. The number of carbonyl (C=O) groups is 1. The second kappa shape index (κ2) is 4.39. The molecule has 4 nitrogen and oxygen atoms in total. The maximum absolute atomic E-state index is 11.2. The van der Waals surface area contributed by atoms with E-state index in [4.69, 9.17) is 27.9 Å².